The van der Waals surface area contributed by atoms with E-state index >= 15 is 0 Å². The van der Waals surface area contributed by atoms with Gasteiger partial charge in [0.15, 0.2) is 6.04 Å². The Morgan fingerprint density at radius 2 is 1.85 bits per heavy atom. The third-order valence-corrected chi connectivity index (χ3v) is 2.66. The van der Waals surface area contributed by atoms with E-state index in [1.54, 1.807) is 0 Å². The third kappa shape index (κ3) is 5.84. The molecule has 0 aromatic heterocycles. The second-order valence-corrected chi connectivity index (χ2v) is 3.81. The van der Waals surface area contributed by atoms with Gasteiger partial charge in [0, 0.05) is 19.3 Å². The summed E-state index contributed by atoms with van der Waals surface area (Å²) in [5.74, 6) is 0. The number of rotatable bonds is 7. The van der Waals surface area contributed by atoms with Crippen LogP contribution in [-0.4, -0.2) is 23.9 Å². The first-order chi connectivity index (χ1) is 6.26. The van der Waals surface area contributed by atoms with Crippen molar-refractivity contribution in [3.05, 3.63) is 0 Å². The van der Waals surface area contributed by atoms with Gasteiger partial charge in [-0.25, -0.2) is 4.58 Å². The average Bonchev–Trinajstić information content (AvgIpc) is 2.13. The van der Waals surface area contributed by atoms with Gasteiger partial charge in [0.05, 0.1) is 0 Å². The summed E-state index contributed by atoms with van der Waals surface area (Å²) in [6.07, 6.45) is 10.2. The van der Waals surface area contributed by atoms with Crippen molar-refractivity contribution < 1.29 is 4.58 Å². The van der Waals surface area contributed by atoms with Crippen LogP contribution in [0.3, 0.4) is 0 Å². The molecule has 0 spiro atoms. The van der Waals surface area contributed by atoms with Gasteiger partial charge in [0.2, 0.25) is 0 Å². The molecule has 0 saturated heterocycles. The van der Waals surface area contributed by atoms with Gasteiger partial charge in [0.25, 0.3) is 0 Å². The van der Waals surface area contributed by atoms with Crippen molar-refractivity contribution in [2.24, 2.45) is 0 Å². The van der Waals surface area contributed by atoms with E-state index in [0.29, 0.717) is 0 Å². The minimum Gasteiger partial charge on any atom is -0.240 e. The zero-order chi connectivity index (χ0) is 10.1. The SMILES string of the molecule is CCC=[N+](C)C(CC)CCCCC. The molecule has 0 heterocycles. The van der Waals surface area contributed by atoms with Gasteiger partial charge in [-0.3, -0.25) is 0 Å². The highest BCUT2D eigenvalue weighted by Crippen LogP contribution is 2.08. The predicted octanol–water partition coefficient (Wildman–Crippen LogP) is 3.47. The second kappa shape index (κ2) is 8.28. The Morgan fingerprint density at radius 1 is 1.15 bits per heavy atom. The molecule has 0 aliphatic heterocycles. The molecular formula is C12H26N+. The molecule has 0 aliphatic carbocycles. The zero-order valence-corrected chi connectivity index (χ0v) is 9.84. The van der Waals surface area contributed by atoms with Crippen molar-refractivity contribution >= 4 is 6.21 Å². The molecule has 0 N–H and O–H groups in total. The van der Waals surface area contributed by atoms with Gasteiger partial charge in [-0.2, -0.15) is 0 Å². The van der Waals surface area contributed by atoms with E-state index in [1.807, 2.05) is 0 Å². The van der Waals surface area contributed by atoms with Gasteiger partial charge in [-0.15, -0.1) is 0 Å². The first-order valence-electron chi connectivity index (χ1n) is 5.81. The van der Waals surface area contributed by atoms with Crippen molar-refractivity contribution in [3.8, 4) is 0 Å². The largest absolute Gasteiger partial charge is 0.240 e. The van der Waals surface area contributed by atoms with Crippen LogP contribution >= 0.6 is 0 Å². The van der Waals surface area contributed by atoms with E-state index in [1.165, 1.54) is 32.1 Å². The maximum atomic E-state index is 2.40. The van der Waals surface area contributed by atoms with Crippen molar-refractivity contribution in [1.82, 2.24) is 0 Å². The number of hydrogen-bond donors (Lipinski definition) is 0. The summed E-state index contributed by atoms with van der Waals surface area (Å²) in [7, 11) is 2.21. The smallest absolute Gasteiger partial charge is 0.151 e. The van der Waals surface area contributed by atoms with Gasteiger partial charge in [-0.05, 0) is 6.42 Å². The molecule has 0 rings (SSSR count). The Morgan fingerprint density at radius 3 is 2.31 bits per heavy atom. The lowest BCUT2D eigenvalue weighted by atomic mass is 10.1. The highest BCUT2D eigenvalue weighted by atomic mass is 15.0. The molecule has 0 aliphatic rings. The summed E-state index contributed by atoms with van der Waals surface area (Å²) in [6, 6.07) is 0.770. The Labute approximate surface area is 83.9 Å². The Balaban J connectivity index is 3.80. The van der Waals surface area contributed by atoms with Crippen LogP contribution in [0.25, 0.3) is 0 Å². The summed E-state index contributed by atoms with van der Waals surface area (Å²) in [4.78, 5) is 0. The van der Waals surface area contributed by atoms with Crippen molar-refractivity contribution in [2.45, 2.75) is 65.3 Å². The van der Waals surface area contributed by atoms with Gasteiger partial charge in [-0.1, -0.05) is 33.6 Å². The summed E-state index contributed by atoms with van der Waals surface area (Å²) < 4.78 is 2.40. The van der Waals surface area contributed by atoms with Crippen LogP contribution in [0.1, 0.15) is 59.3 Å². The van der Waals surface area contributed by atoms with Crippen LogP contribution in [0.15, 0.2) is 0 Å². The standard InChI is InChI=1S/C12H26N/c1-5-8-9-10-12(7-3)13(4)11-6-2/h11-12H,5-10H2,1-4H3/q+1. The topological polar surface area (TPSA) is 3.01 Å². The van der Waals surface area contributed by atoms with Gasteiger partial charge < -0.3 is 0 Å². The fraction of sp³-hybridized carbons (Fsp3) is 0.917. The zero-order valence-electron chi connectivity index (χ0n) is 9.84. The highest BCUT2D eigenvalue weighted by Gasteiger charge is 2.12. The minimum atomic E-state index is 0.770. The molecule has 1 heteroatoms. The minimum absolute atomic E-state index is 0.770. The molecule has 0 radical (unpaired) electrons. The summed E-state index contributed by atoms with van der Waals surface area (Å²) >= 11 is 0. The Hall–Kier alpha value is -0.330. The molecule has 1 nitrogen and oxygen atoms in total. The fourth-order valence-electron chi connectivity index (χ4n) is 1.76. The van der Waals surface area contributed by atoms with E-state index in [2.05, 4.69) is 38.6 Å². The van der Waals surface area contributed by atoms with Gasteiger partial charge in [0.1, 0.15) is 13.3 Å². The monoisotopic (exact) mass is 184 g/mol. The van der Waals surface area contributed by atoms with Crippen LogP contribution in [0.2, 0.25) is 0 Å². The molecule has 1 atom stereocenters. The van der Waals surface area contributed by atoms with Crippen LogP contribution in [0.5, 0.6) is 0 Å². The van der Waals surface area contributed by atoms with Crippen molar-refractivity contribution in [2.75, 3.05) is 7.05 Å². The normalized spacial score (nSPS) is 14.6. The molecule has 0 amide bonds. The molecular weight excluding hydrogens is 158 g/mol. The van der Waals surface area contributed by atoms with Crippen LogP contribution < -0.4 is 0 Å². The van der Waals surface area contributed by atoms with E-state index in [-0.39, 0.29) is 0 Å². The van der Waals surface area contributed by atoms with Crippen LogP contribution in [-0.2, 0) is 0 Å². The Bertz CT molecular complexity index is 138. The van der Waals surface area contributed by atoms with Crippen LogP contribution in [0.4, 0.5) is 0 Å². The summed E-state index contributed by atoms with van der Waals surface area (Å²) in [5.41, 5.74) is 0. The molecule has 13 heavy (non-hydrogen) atoms. The maximum absolute atomic E-state index is 2.40. The first-order valence-corrected chi connectivity index (χ1v) is 5.81. The molecule has 0 aromatic rings. The van der Waals surface area contributed by atoms with E-state index in [4.69, 9.17) is 0 Å². The Kier molecular flexibility index (Phi) is 8.07. The third-order valence-electron chi connectivity index (χ3n) is 2.66. The summed E-state index contributed by atoms with van der Waals surface area (Å²) in [6.45, 7) is 6.76. The lowest BCUT2D eigenvalue weighted by molar-refractivity contribution is -0.536. The molecule has 1 unspecified atom stereocenters. The first kappa shape index (κ1) is 12.7. The average molecular weight is 184 g/mol. The van der Waals surface area contributed by atoms with Crippen molar-refractivity contribution in [3.63, 3.8) is 0 Å². The lowest BCUT2D eigenvalue weighted by Crippen LogP contribution is -2.22. The van der Waals surface area contributed by atoms with E-state index < -0.39 is 0 Å². The molecule has 0 fully saturated rings. The quantitative estimate of drug-likeness (QED) is 0.324. The number of unbranched alkanes of at least 4 members (excludes halogenated alkanes) is 2. The lowest BCUT2D eigenvalue weighted by Gasteiger charge is -2.10. The fourth-order valence-corrected chi connectivity index (χ4v) is 1.76. The van der Waals surface area contributed by atoms with Crippen molar-refractivity contribution in [1.29, 1.82) is 0 Å². The van der Waals surface area contributed by atoms with E-state index in [9.17, 15) is 0 Å². The molecule has 0 bridgehead atoms. The number of hydrogen-bond acceptors (Lipinski definition) is 0. The predicted molar refractivity (Wildman–Crippen MR) is 60.8 cm³/mol. The van der Waals surface area contributed by atoms with E-state index in [0.717, 1.165) is 12.5 Å². The maximum Gasteiger partial charge on any atom is 0.151 e. The highest BCUT2D eigenvalue weighted by molar-refractivity contribution is 5.50. The summed E-state index contributed by atoms with van der Waals surface area (Å²) in [5, 5.41) is 0. The number of nitrogens with zero attached hydrogens (tertiary/aromatic N) is 1. The molecule has 78 valence electrons. The van der Waals surface area contributed by atoms with Crippen LogP contribution in [0, 0.1) is 0 Å². The molecule has 0 aromatic carbocycles. The second-order valence-electron chi connectivity index (χ2n) is 3.81. The molecule has 0 saturated carbocycles. The van der Waals surface area contributed by atoms with Gasteiger partial charge >= 0.3 is 0 Å².